The van der Waals surface area contributed by atoms with Gasteiger partial charge in [-0.05, 0) is 42.5 Å². The fourth-order valence-corrected chi connectivity index (χ4v) is 2.81. The van der Waals surface area contributed by atoms with Crippen LogP contribution in [0.4, 0.5) is 15.2 Å². The molecular weight excluding hydrogens is 323 g/mol. The molecule has 1 heterocycles. The van der Waals surface area contributed by atoms with Gasteiger partial charge in [-0.2, -0.15) is 0 Å². The summed E-state index contributed by atoms with van der Waals surface area (Å²) >= 11 is 7.30. The van der Waals surface area contributed by atoms with Gasteiger partial charge in [0.05, 0.1) is 12.8 Å². The van der Waals surface area contributed by atoms with Gasteiger partial charge in [-0.3, -0.25) is 0 Å². The zero-order valence-corrected chi connectivity index (χ0v) is 13.2. The number of hydrogen-bond acceptors (Lipinski definition) is 4. The van der Waals surface area contributed by atoms with Crippen LogP contribution in [0.5, 0.6) is 5.75 Å². The van der Waals surface area contributed by atoms with E-state index in [1.807, 2.05) is 17.5 Å². The molecule has 6 heteroatoms. The number of hydrogen-bond donors (Lipinski definition) is 1. The quantitative estimate of drug-likeness (QED) is 0.698. The second-order valence-electron chi connectivity index (χ2n) is 4.52. The first-order valence-corrected chi connectivity index (χ1v) is 7.73. The highest BCUT2D eigenvalue weighted by molar-refractivity contribution is 7.14. The number of aromatic nitrogens is 1. The van der Waals surface area contributed by atoms with E-state index < -0.39 is 5.82 Å². The first kappa shape index (κ1) is 14.8. The van der Waals surface area contributed by atoms with Crippen molar-refractivity contribution < 1.29 is 9.13 Å². The number of rotatable bonds is 4. The third-order valence-electron chi connectivity index (χ3n) is 3.05. The second-order valence-corrected chi connectivity index (χ2v) is 5.81. The average Bonchev–Trinajstić information content (AvgIpc) is 2.98. The summed E-state index contributed by atoms with van der Waals surface area (Å²) in [6.07, 6.45) is 0. The molecular formula is C16H12ClFN2OS. The van der Waals surface area contributed by atoms with Gasteiger partial charge < -0.3 is 10.1 Å². The Morgan fingerprint density at radius 3 is 2.64 bits per heavy atom. The predicted molar refractivity (Wildman–Crippen MR) is 88.8 cm³/mol. The van der Waals surface area contributed by atoms with E-state index in [0.29, 0.717) is 16.3 Å². The molecule has 1 aromatic heterocycles. The monoisotopic (exact) mass is 334 g/mol. The van der Waals surface area contributed by atoms with E-state index in [9.17, 15) is 4.39 Å². The summed E-state index contributed by atoms with van der Waals surface area (Å²) in [4.78, 5) is 4.46. The van der Waals surface area contributed by atoms with Crippen molar-refractivity contribution in [3.63, 3.8) is 0 Å². The maximum atomic E-state index is 13.8. The van der Waals surface area contributed by atoms with Crippen LogP contribution in [-0.4, -0.2) is 12.1 Å². The third-order valence-corrected chi connectivity index (χ3v) is 4.06. The summed E-state index contributed by atoms with van der Waals surface area (Å²) in [5, 5.41) is 6.47. The number of methoxy groups -OCH3 is 1. The Labute approximate surface area is 136 Å². The predicted octanol–water partition coefficient (Wildman–Crippen LogP) is 5.35. The zero-order valence-electron chi connectivity index (χ0n) is 11.6. The normalized spacial score (nSPS) is 10.5. The fourth-order valence-electron chi connectivity index (χ4n) is 1.95. The molecule has 22 heavy (non-hydrogen) atoms. The third kappa shape index (κ3) is 3.21. The molecule has 0 aliphatic heterocycles. The van der Waals surface area contributed by atoms with Crippen LogP contribution in [0.1, 0.15) is 0 Å². The Hall–Kier alpha value is -2.11. The molecule has 0 aliphatic rings. The van der Waals surface area contributed by atoms with Gasteiger partial charge in [0.1, 0.15) is 0 Å². The van der Waals surface area contributed by atoms with Crippen molar-refractivity contribution in [1.82, 2.24) is 4.98 Å². The Morgan fingerprint density at radius 2 is 1.95 bits per heavy atom. The van der Waals surface area contributed by atoms with Crippen molar-refractivity contribution >= 4 is 33.8 Å². The minimum atomic E-state index is -0.403. The number of thiazole rings is 1. The molecule has 0 spiro atoms. The molecule has 0 aliphatic carbocycles. The number of ether oxygens (including phenoxy) is 1. The standard InChI is InChI=1S/C16H12ClFN2OS/c1-21-15-7-2-10(8-13(15)18)14-9-22-16(20-14)19-12-5-3-11(17)4-6-12/h2-9H,1H3,(H,19,20). The van der Waals surface area contributed by atoms with Gasteiger partial charge in [-0.15, -0.1) is 11.3 Å². The molecule has 112 valence electrons. The van der Waals surface area contributed by atoms with Gasteiger partial charge in [0.25, 0.3) is 0 Å². The van der Waals surface area contributed by atoms with Gasteiger partial charge in [-0.25, -0.2) is 9.37 Å². The van der Waals surface area contributed by atoms with Crippen molar-refractivity contribution in [2.24, 2.45) is 0 Å². The van der Waals surface area contributed by atoms with Crippen molar-refractivity contribution in [3.8, 4) is 17.0 Å². The molecule has 0 atom stereocenters. The average molecular weight is 335 g/mol. The minimum absolute atomic E-state index is 0.221. The lowest BCUT2D eigenvalue weighted by Crippen LogP contribution is -1.90. The summed E-state index contributed by atoms with van der Waals surface area (Å²) in [5.41, 5.74) is 2.31. The first-order valence-electron chi connectivity index (χ1n) is 6.48. The zero-order chi connectivity index (χ0) is 15.5. The summed E-state index contributed by atoms with van der Waals surface area (Å²) in [6, 6.07) is 12.1. The molecule has 0 amide bonds. The van der Waals surface area contributed by atoms with Crippen molar-refractivity contribution in [2.75, 3.05) is 12.4 Å². The smallest absolute Gasteiger partial charge is 0.187 e. The molecule has 0 saturated heterocycles. The topological polar surface area (TPSA) is 34.1 Å². The fraction of sp³-hybridized carbons (Fsp3) is 0.0625. The van der Waals surface area contributed by atoms with Crippen LogP contribution in [0.15, 0.2) is 47.8 Å². The van der Waals surface area contributed by atoms with Crippen LogP contribution in [-0.2, 0) is 0 Å². The SMILES string of the molecule is COc1ccc(-c2csc(Nc3ccc(Cl)cc3)n2)cc1F. The summed E-state index contributed by atoms with van der Waals surface area (Å²) < 4.78 is 18.7. The first-order chi connectivity index (χ1) is 10.7. The number of halogens is 2. The number of anilines is 2. The van der Waals surface area contributed by atoms with Crippen LogP contribution in [0.25, 0.3) is 11.3 Å². The van der Waals surface area contributed by atoms with Crippen LogP contribution in [0, 0.1) is 5.82 Å². The van der Waals surface area contributed by atoms with Crippen molar-refractivity contribution in [2.45, 2.75) is 0 Å². The van der Waals surface area contributed by atoms with E-state index in [4.69, 9.17) is 16.3 Å². The number of nitrogens with zero attached hydrogens (tertiary/aromatic N) is 1. The molecule has 2 aromatic carbocycles. The molecule has 0 fully saturated rings. The molecule has 1 N–H and O–H groups in total. The summed E-state index contributed by atoms with van der Waals surface area (Å²) in [6.45, 7) is 0. The van der Waals surface area contributed by atoms with Gasteiger partial charge in [0.2, 0.25) is 0 Å². The molecule has 0 saturated carbocycles. The highest BCUT2D eigenvalue weighted by Gasteiger charge is 2.09. The molecule has 3 rings (SSSR count). The molecule has 3 aromatic rings. The van der Waals surface area contributed by atoms with E-state index in [1.165, 1.54) is 24.5 Å². The summed E-state index contributed by atoms with van der Waals surface area (Å²) in [5.74, 6) is -0.182. The van der Waals surface area contributed by atoms with E-state index in [2.05, 4.69) is 10.3 Å². The largest absolute Gasteiger partial charge is 0.494 e. The highest BCUT2D eigenvalue weighted by atomic mass is 35.5. The number of benzene rings is 2. The van der Waals surface area contributed by atoms with Crippen LogP contribution in [0.2, 0.25) is 5.02 Å². The van der Waals surface area contributed by atoms with Crippen LogP contribution < -0.4 is 10.1 Å². The molecule has 0 bridgehead atoms. The van der Waals surface area contributed by atoms with Gasteiger partial charge in [0, 0.05) is 21.7 Å². The van der Waals surface area contributed by atoms with Crippen molar-refractivity contribution in [1.29, 1.82) is 0 Å². The van der Waals surface area contributed by atoms with Gasteiger partial charge in [0.15, 0.2) is 16.7 Å². The van der Waals surface area contributed by atoms with Crippen LogP contribution >= 0.6 is 22.9 Å². The number of nitrogens with one attached hydrogen (secondary N) is 1. The molecule has 0 radical (unpaired) electrons. The maximum Gasteiger partial charge on any atom is 0.187 e. The second kappa shape index (κ2) is 6.34. The van der Waals surface area contributed by atoms with E-state index in [0.717, 1.165) is 10.8 Å². The lowest BCUT2D eigenvalue weighted by atomic mass is 10.1. The molecule has 0 unspecified atom stereocenters. The maximum absolute atomic E-state index is 13.8. The van der Waals surface area contributed by atoms with E-state index in [-0.39, 0.29) is 5.75 Å². The van der Waals surface area contributed by atoms with Gasteiger partial charge in [-0.1, -0.05) is 11.6 Å². The lowest BCUT2D eigenvalue weighted by molar-refractivity contribution is 0.386. The van der Waals surface area contributed by atoms with E-state index >= 15 is 0 Å². The van der Waals surface area contributed by atoms with Gasteiger partial charge >= 0.3 is 0 Å². The van der Waals surface area contributed by atoms with Crippen molar-refractivity contribution in [3.05, 3.63) is 58.7 Å². The Kier molecular flexibility index (Phi) is 4.27. The van der Waals surface area contributed by atoms with Crippen LogP contribution in [0.3, 0.4) is 0 Å². The summed E-state index contributed by atoms with van der Waals surface area (Å²) in [7, 11) is 1.44. The lowest BCUT2D eigenvalue weighted by Gasteiger charge is -2.03. The molecule has 3 nitrogen and oxygen atoms in total. The Bertz CT molecular complexity index is 789. The minimum Gasteiger partial charge on any atom is -0.494 e. The highest BCUT2D eigenvalue weighted by Crippen LogP contribution is 2.29. The Balaban J connectivity index is 1.81. The Morgan fingerprint density at radius 1 is 1.18 bits per heavy atom. The van der Waals surface area contributed by atoms with E-state index in [1.54, 1.807) is 24.3 Å².